The Morgan fingerprint density at radius 3 is 3.11 bits per heavy atom. The van der Waals surface area contributed by atoms with E-state index >= 15 is 0 Å². The Hall–Kier alpha value is -2.26. The number of fused-ring (bicyclic) bond motifs is 1. The van der Waals surface area contributed by atoms with Crippen molar-refractivity contribution in [3.63, 3.8) is 0 Å². The summed E-state index contributed by atoms with van der Waals surface area (Å²) < 4.78 is 3.02. The SMILES string of the molecule is C[n+]1[nH]nnc1-c1ccc2scc(CCC#N)c2c1. The first-order valence-corrected chi connectivity index (χ1v) is 6.82. The van der Waals surface area contributed by atoms with Gasteiger partial charge in [0.25, 0.3) is 0 Å². The third kappa shape index (κ3) is 2.09. The number of thiophene rings is 1. The largest absolute Gasteiger partial charge is 0.331 e. The van der Waals surface area contributed by atoms with Crippen molar-refractivity contribution in [2.24, 2.45) is 7.05 Å². The second-order valence-corrected chi connectivity index (χ2v) is 5.22. The summed E-state index contributed by atoms with van der Waals surface area (Å²) in [5.74, 6) is 0.805. The van der Waals surface area contributed by atoms with Crippen molar-refractivity contribution in [3.8, 4) is 17.5 Å². The Morgan fingerprint density at radius 1 is 1.47 bits per heavy atom. The van der Waals surface area contributed by atoms with Gasteiger partial charge in [0.15, 0.2) is 5.21 Å². The van der Waals surface area contributed by atoms with Crippen molar-refractivity contribution >= 4 is 21.4 Å². The molecule has 19 heavy (non-hydrogen) atoms. The molecule has 2 heterocycles. The summed E-state index contributed by atoms with van der Waals surface area (Å²) in [5.41, 5.74) is 2.26. The molecule has 0 bridgehead atoms. The summed E-state index contributed by atoms with van der Waals surface area (Å²) in [5, 5.41) is 22.7. The molecule has 0 amide bonds. The molecule has 0 aliphatic heterocycles. The van der Waals surface area contributed by atoms with Gasteiger partial charge in [0.2, 0.25) is 0 Å². The predicted octanol–water partition coefficient (Wildman–Crippen LogP) is 1.97. The number of nitriles is 1. The van der Waals surface area contributed by atoms with Crippen LogP contribution in [0.15, 0.2) is 23.6 Å². The smallest absolute Gasteiger partial charge is 0.198 e. The first-order valence-electron chi connectivity index (χ1n) is 5.94. The van der Waals surface area contributed by atoms with E-state index in [0.29, 0.717) is 6.42 Å². The highest BCUT2D eigenvalue weighted by molar-refractivity contribution is 7.17. The highest BCUT2D eigenvalue weighted by Crippen LogP contribution is 2.30. The van der Waals surface area contributed by atoms with Gasteiger partial charge in [-0.15, -0.1) is 11.3 Å². The molecule has 0 radical (unpaired) electrons. The normalized spacial score (nSPS) is 10.7. The molecule has 2 aromatic heterocycles. The Bertz CT molecular complexity index is 765. The van der Waals surface area contributed by atoms with Crippen molar-refractivity contribution < 1.29 is 4.68 Å². The minimum absolute atomic E-state index is 0.549. The third-order valence-electron chi connectivity index (χ3n) is 3.08. The van der Waals surface area contributed by atoms with Crippen LogP contribution in [0.4, 0.5) is 0 Å². The van der Waals surface area contributed by atoms with Gasteiger partial charge in [0.1, 0.15) is 5.10 Å². The van der Waals surface area contributed by atoms with Crippen LogP contribution in [-0.4, -0.2) is 15.5 Å². The summed E-state index contributed by atoms with van der Waals surface area (Å²) in [7, 11) is 1.88. The lowest BCUT2D eigenvalue weighted by Gasteiger charge is -1.98. The molecule has 0 saturated carbocycles. The molecule has 94 valence electrons. The van der Waals surface area contributed by atoms with Gasteiger partial charge in [-0.1, -0.05) is 5.21 Å². The van der Waals surface area contributed by atoms with Crippen LogP contribution in [0.1, 0.15) is 12.0 Å². The first kappa shape index (κ1) is 11.8. The van der Waals surface area contributed by atoms with E-state index in [9.17, 15) is 0 Å². The molecule has 0 atom stereocenters. The summed E-state index contributed by atoms with van der Waals surface area (Å²) in [6.07, 6.45) is 1.35. The van der Waals surface area contributed by atoms with E-state index in [0.717, 1.165) is 17.8 Å². The van der Waals surface area contributed by atoms with E-state index in [-0.39, 0.29) is 0 Å². The average Bonchev–Trinajstić information content (AvgIpc) is 3.02. The van der Waals surface area contributed by atoms with Crippen LogP contribution in [0.25, 0.3) is 21.5 Å². The lowest BCUT2D eigenvalue weighted by Crippen LogP contribution is -2.32. The molecular formula is C13H12N5S+. The quantitative estimate of drug-likeness (QED) is 0.740. The monoisotopic (exact) mass is 270 g/mol. The van der Waals surface area contributed by atoms with Crippen LogP contribution in [-0.2, 0) is 13.5 Å². The number of hydrogen-bond acceptors (Lipinski definition) is 4. The maximum atomic E-state index is 8.71. The molecule has 0 spiro atoms. The van der Waals surface area contributed by atoms with Crippen LogP contribution in [0.5, 0.6) is 0 Å². The minimum Gasteiger partial charge on any atom is -0.198 e. The zero-order chi connectivity index (χ0) is 13.2. The fraction of sp³-hybridized carbons (Fsp3) is 0.231. The zero-order valence-electron chi connectivity index (χ0n) is 10.4. The number of nitrogens with one attached hydrogen (secondary N) is 1. The van der Waals surface area contributed by atoms with Gasteiger partial charge in [-0.05, 0) is 40.9 Å². The van der Waals surface area contributed by atoms with E-state index in [4.69, 9.17) is 5.26 Å². The van der Waals surface area contributed by atoms with Crippen LogP contribution >= 0.6 is 11.3 Å². The van der Waals surface area contributed by atoms with Gasteiger partial charge in [-0.3, -0.25) is 0 Å². The summed E-state index contributed by atoms with van der Waals surface area (Å²) >= 11 is 1.71. The van der Waals surface area contributed by atoms with Crippen LogP contribution in [0, 0.1) is 11.3 Å². The maximum Gasteiger partial charge on any atom is 0.331 e. The molecule has 0 aliphatic carbocycles. The number of nitrogens with zero attached hydrogens (tertiary/aromatic N) is 4. The van der Waals surface area contributed by atoms with Crippen molar-refractivity contribution in [3.05, 3.63) is 29.1 Å². The first-order chi connectivity index (χ1) is 9.29. The van der Waals surface area contributed by atoms with Gasteiger partial charge < -0.3 is 0 Å². The minimum atomic E-state index is 0.549. The molecule has 0 saturated heterocycles. The number of aryl methyl sites for hydroxylation is 2. The fourth-order valence-corrected chi connectivity index (χ4v) is 3.09. The van der Waals surface area contributed by atoms with E-state index in [2.05, 4.69) is 39.1 Å². The van der Waals surface area contributed by atoms with Gasteiger partial charge in [0, 0.05) is 11.1 Å². The van der Waals surface area contributed by atoms with Crippen LogP contribution < -0.4 is 4.68 Å². The topological polar surface area (TPSA) is 69.2 Å². The second kappa shape index (κ2) is 4.78. The van der Waals surface area contributed by atoms with E-state index in [1.54, 1.807) is 16.0 Å². The van der Waals surface area contributed by atoms with Crippen molar-refractivity contribution in [1.29, 1.82) is 5.26 Å². The Balaban J connectivity index is 2.09. The number of benzene rings is 1. The zero-order valence-corrected chi connectivity index (χ0v) is 11.2. The number of tetrazole rings is 1. The Kier molecular flexibility index (Phi) is 2.97. The molecule has 6 heteroatoms. The highest BCUT2D eigenvalue weighted by atomic mass is 32.1. The standard InChI is InChI=1S/C13H11N5S/c1-18-13(15-16-17-18)9-4-5-12-11(7-9)10(8-19-12)3-2-6-14/h4-5,7-8H,2-3H2,1H3/p+1. The number of hydrogen-bond donors (Lipinski definition) is 1. The van der Waals surface area contributed by atoms with Gasteiger partial charge in [-0.2, -0.15) is 9.94 Å². The Morgan fingerprint density at radius 2 is 2.37 bits per heavy atom. The molecule has 1 N–H and O–H groups in total. The molecule has 5 nitrogen and oxygen atoms in total. The average molecular weight is 270 g/mol. The number of aromatic amines is 1. The van der Waals surface area contributed by atoms with Crippen LogP contribution in [0.2, 0.25) is 0 Å². The van der Waals surface area contributed by atoms with Crippen LogP contribution in [0.3, 0.4) is 0 Å². The van der Waals surface area contributed by atoms with E-state index in [1.807, 2.05) is 13.1 Å². The van der Waals surface area contributed by atoms with Gasteiger partial charge in [-0.25, -0.2) is 0 Å². The lowest BCUT2D eigenvalue weighted by atomic mass is 10.1. The van der Waals surface area contributed by atoms with Crippen molar-refractivity contribution in [2.75, 3.05) is 0 Å². The molecule has 3 aromatic rings. The maximum absolute atomic E-state index is 8.71. The number of rotatable bonds is 3. The third-order valence-corrected chi connectivity index (χ3v) is 4.09. The number of aromatic nitrogens is 4. The van der Waals surface area contributed by atoms with Gasteiger partial charge >= 0.3 is 5.82 Å². The molecule has 0 fully saturated rings. The predicted molar refractivity (Wildman–Crippen MR) is 72.3 cm³/mol. The molecular weight excluding hydrogens is 258 g/mol. The fourth-order valence-electron chi connectivity index (χ4n) is 2.11. The lowest BCUT2D eigenvalue weighted by molar-refractivity contribution is -0.721. The van der Waals surface area contributed by atoms with E-state index in [1.165, 1.54) is 15.6 Å². The molecule has 1 aromatic carbocycles. The van der Waals surface area contributed by atoms with Crippen molar-refractivity contribution in [2.45, 2.75) is 12.8 Å². The summed E-state index contributed by atoms with van der Waals surface area (Å²) in [6.45, 7) is 0. The molecule has 0 aliphatic rings. The molecule has 0 unspecified atom stereocenters. The molecule has 3 rings (SSSR count). The summed E-state index contributed by atoms with van der Waals surface area (Å²) in [6, 6.07) is 8.46. The highest BCUT2D eigenvalue weighted by Gasteiger charge is 2.15. The van der Waals surface area contributed by atoms with Gasteiger partial charge in [0.05, 0.1) is 18.7 Å². The van der Waals surface area contributed by atoms with E-state index < -0.39 is 0 Å². The van der Waals surface area contributed by atoms with Crippen molar-refractivity contribution in [1.82, 2.24) is 15.5 Å². The Labute approximate surface area is 114 Å². The second-order valence-electron chi connectivity index (χ2n) is 4.31. The number of H-pyrrole nitrogens is 1. The summed E-state index contributed by atoms with van der Waals surface area (Å²) in [4.78, 5) is 0.